The van der Waals surface area contributed by atoms with Gasteiger partial charge in [-0.25, -0.2) is 13.4 Å². The predicted octanol–water partition coefficient (Wildman–Crippen LogP) is 2.44. The minimum Gasteiger partial charge on any atom is -0.309 e. The van der Waals surface area contributed by atoms with Gasteiger partial charge < -0.3 is 10.2 Å². The van der Waals surface area contributed by atoms with Crippen molar-refractivity contribution in [2.75, 3.05) is 29.9 Å². The lowest BCUT2D eigenvalue weighted by atomic mass is 9.86. The molecule has 0 aliphatic carbocycles. The number of carbonyl (C=O) groups is 2. The van der Waals surface area contributed by atoms with Gasteiger partial charge in [-0.3, -0.25) is 9.59 Å². The Labute approximate surface area is 182 Å². The number of nitrogens with zero attached hydrogens (tertiary/aromatic N) is 3. The molecule has 4 rings (SSSR count). The number of amides is 2. The van der Waals surface area contributed by atoms with Crippen molar-refractivity contribution in [3.05, 3.63) is 47.7 Å². The summed E-state index contributed by atoms with van der Waals surface area (Å²) >= 11 is 0. The van der Waals surface area contributed by atoms with Gasteiger partial charge in [0.1, 0.15) is 12.4 Å². The SMILES string of the molecule is Cc1ccnc(NC(=O)CN2C(=O)C(C)(C)c3cc(S(=O)(=O)N4CCCC4)ccc32)c1. The molecule has 1 aromatic carbocycles. The molecule has 1 N–H and O–H groups in total. The van der Waals surface area contributed by atoms with E-state index < -0.39 is 15.4 Å². The van der Waals surface area contributed by atoms with Gasteiger partial charge in [-0.1, -0.05) is 0 Å². The van der Waals surface area contributed by atoms with Gasteiger partial charge in [-0.2, -0.15) is 4.31 Å². The van der Waals surface area contributed by atoms with Crippen LogP contribution in [0.2, 0.25) is 0 Å². The normalized spacial score (nSPS) is 18.3. The zero-order valence-corrected chi connectivity index (χ0v) is 18.7. The Bertz CT molecular complexity index is 1150. The summed E-state index contributed by atoms with van der Waals surface area (Å²) in [5, 5.41) is 2.71. The number of hydrogen-bond donors (Lipinski definition) is 1. The van der Waals surface area contributed by atoms with Gasteiger partial charge in [0.05, 0.1) is 10.3 Å². The Morgan fingerprint density at radius 1 is 1.16 bits per heavy atom. The number of benzene rings is 1. The number of aryl methyl sites for hydroxylation is 1. The molecule has 1 saturated heterocycles. The first-order valence-electron chi connectivity index (χ1n) is 10.3. The topological polar surface area (TPSA) is 99.7 Å². The van der Waals surface area contributed by atoms with E-state index in [0.29, 0.717) is 30.2 Å². The number of fused-ring (bicyclic) bond motifs is 1. The molecular weight excluding hydrogens is 416 g/mol. The van der Waals surface area contributed by atoms with Crippen LogP contribution in [0.3, 0.4) is 0 Å². The van der Waals surface area contributed by atoms with E-state index >= 15 is 0 Å². The molecule has 2 aliphatic rings. The summed E-state index contributed by atoms with van der Waals surface area (Å²) in [6.45, 7) is 6.25. The van der Waals surface area contributed by atoms with E-state index in [4.69, 9.17) is 0 Å². The van der Waals surface area contributed by atoms with Crippen LogP contribution in [0.25, 0.3) is 0 Å². The molecule has 1 fully saturated rings. The van der Waals surface area contributed by atoms with E-state index in [2.05, 4.69) is 10.3 Å². The number of hydrogen-bond acceptors (Lipinski definition) is 5. The molecule has 1 aromatic heterocycles. The summed E-state index contributed by atoms with van der Waals surface area (Å²) in [5.41, 5.74) is 1.19. The summed E-state index contributed by atoms with van der Waals surface area (Å²) < 4.78 is 27.4. The highest BCUT2D eigenvalue weighted by Crippen LogP contribution is 2.42. The first-order chi connectivity index (χ1) is 14.6. The second kappa shape index (κ2) is 7.72. The van der Waals surface area contributed by atoms with E-state index in [1.807, 2.05) is 13.0 Å². The highest BCUT2D eigenvalue weighted by molar-refractivity contribution is 7.89. The first kappa shape index (κ1) is 21.5. The van der Waals surface area contributed by atoms with Gasteiger partial charge in [-0.05, 0) is 75.1 Å². The molecule has 9 heteroatoms. The van der Waals surface area contributed by atoms with Crippen LogP contribution < -0.4 is 10.2 Å². The second-order valence-electron chi connectivity index (χ2n) is 8.57. The maximum absolute atomic E-state index is 13.1. The van der Waals surface area contributed by atoms with Gasteiger partial charge in [-0.15, -0.1) is 0 Å². The van der Waals surface area contributed by atoms with Crippen LogP contribution in [-0.4, -0.2) is 49.2 Å². The highest BCUT2D eigenvalue weighted by Gasteiger charge is 2.45. The molecule has 0 atom stereocenters. The fraction of sp³-hybridized carbons (Fsp3) is 0.409. The third kappa shape index (κ3) is 3.83. The lowest BCUT2D eigenvalue weighted by Crippen LogP contribution is -2.40. The van der Waals surface area contributed by atoms with E-state index in [-0.39, 0.29) is 23.3 Å². The first-order valence-corrected chi connectivity index (χ1v) is 11.7. The molecule has 31 heavy (non-hydrogen) atoms. The van der Waals surface area contributed by atoms with Crippen LogP contribution in [0.4, 0.5) is 11.5 Å². The van der Waals surface area contributed by atoms with Gasteiger partial charge in [0, 0.05) is 25.0 Å². The van der Waals surface area contributed by atoms with Crippen LogP contribution in [0.1, 0.15) is 37.8 Å². The molecule has 0 bridgehead atoms. The summed E-state index contributed by atoms with van der Waals surface area (Å²) in [6.07, 6.45) is 3.31. The Hall–Kier alpha value is -2.78. The lowest BCUT2D eigenvalue weighted by Gasteiger charge is -2.20. The molecule has 0 radical (unpaired) electrons. The number of sulfonamides is 1. The summed E-state index contributed by atoms with van der Waals surface area (Å²) in [4.78, 5) is 31.4. The van der Waals surface area contributed by atoms with Crippen molar-refractivity contribution in [3.63, 3.8) is 0 Å². The molecule has 8 nitrogen and oxygen atoms in total. The number of aromatic nitrogens is 1. The van der Waals surface area contributed by atoms with E-state index in [9.17, 15) is 18.0 Å². The van der Waals surface area contributed by atoms with Gasteiger partial charge in [0.15, 0.2) is 0 Å². The lowest BCUT2D eigenvalue weighted by molar-refractivity contribution is -0.124. The number of nitrogens with one attached hydrogen (secondary N) is 1. The van der Waals surface area contributed by atoms with Crippen molar-refractivity contribution < 1.29 is 18.0 Å². The second-order valence-corrected chi connectivity index (χ2v) is 10.5. The molecule has 2 amide bonds. The summed E-state index contributed by atoms with van der Waals surface area (Å²) in [5.74, 6) is -0.197. The summed E-state index contributed by atoms with van der Waals surface area (Å²) in [6, 6.07) is 8.31. The van der Waals surface area contributed by atoms with E-state index in [1.165, 1.54) is 15.3 Å². The Balaban J connectivity index is 1.61. The van der Waals surface area contributed by atoms with Crippen molar-refractivity contribution >= 4 is 33.3 Å². The van der Waals surface area contributed by atoms with Gasteiger partial charge in [0.25, 0.3) is 0 Å². The molecule has 0 unspecified atom stereocenters. The number of anilines is 2. The van der Waals surface area contributed by atoms with Crippen LogP contribution in [0, 0.1) is 6.92 Å². The Morgan fingerprint density at radius 3 is 2.55 bits per heavy atom. The van der Waals surface area contributed by atoms with E-state index in [1.54, 1.807) is 38.2 Å². The quantitative estimate of drug-likeness (QED) is 0.767. The van der Waals surface area contributed by atoms with Crippen LogP contribution in [-0.2, 0) is 25.0 Å². The maximum Gasteiger partial charge on any atom is 0.245 e. The fourth-order valence-electron chi connectivity index (χ4n) is 4.14. The Kier molecular flexibility index (Phi) is 5.35. The maximum atomic E-state index is 13.1. The average molecular weight is 443 g/mol. The third-order valence-electron chi connectivity index (χ3n) is 5.90. The molecule has 3 heterocycles. The molecule has 2 aromatic rings. The molecule has 0 spiro atoms. The van der Waals surface area contributed by atoms with Crippen molar-refractivity contribution in [2.24, 2.45) is 0 Å². The molecule has 2 aliphatic heterocycles. The van der Waals surface area contributed by atoms with Crippen LogP contribution in [0.15, 0.2) is 41.4 Å². The zero-order chi connectivity index (χ0) is 22.4. The van der Waals surface area contributed by atoms with Gasteiger partial charge in [0.2, 0.25) is 21.8 Å². The number of rotatable bonds is 5. The number of carbonyl (C=O) groups excluding carboxylic acids is 2. The van der Waals surface area contributed by atoms with Crippen molar-refractivity contribution in [3.8, 4) is 0 Å². The van der Waals surface area contributed by atoms with Crippen LogP contribution >= 0.6 is 0 Å². The number of pyridine rings is 1. The van der Waals surface area contributed by atoms with Crippen molar-refractivity contribution in [1.29, 1.82) is 0 Å². The third-order valence-corrected chi connectivity index (χ3v) is 7.79. The predicted molar refractivity (Wildman–Crippen MR) is 117 cm³/mol. The van der Waals surface area contributed by atoms with E-state index in [0.717, 1.165) is 18.4 Å². The monoisotopic (exact) mass is 442 g/mol. The molecule has 0 saturated carbocycles. The highest BCUT2D eigenvalue weighted by atomic mass is 32.2. The zero-order valence-electron chi connectivity index (χ0n) is 17.9. The van der Waals surface area contributed by atoms with Crippen molar-refractivity contribution in [1.82, 2.24) is 9.29 Å². The van der Waals surface area contributed by atoms with Gasteiger partial charge >= 0.3 is 0 Å². The molecular formula is C22H26N4O4S. The fourth-order valence-corrected chi connectivity index (χ4v) is 5.68. The largest absolute Gasteiger partial charge is 0.309 e. The smallest absolute Gasteiger partial charge is 0.245 e. The van der Waals surface area contributed by atoms with Crippen molar-refractivity contribution in [2.45, 2.75) is 43.9 Å². The minimum atomic E-state index is -3.60. The molecule has 164 valence electrons. The Morgan fingerprint density at radius 2 is 1.87 bits per heavy atom. The minimum absolute atomic E-state index is 0.177. The summed E-state index contributed by atoms with van der Waals surface area (Å²) in [7, 11) is -3.60. The van der Waals surface area contributed by atoms with Crippen LogP contribution in [0.5, 0.6) is 0 Å². The standard InChI is InChI=1S/C22H26N4O4S/c1-15-8-9-23-19(12-15)24-20(27)14-26-18-7-6-16(13-17(18)22(2,3)21(26)28)31(29,30)25-10-4-5-11-25/h6-9,12-13H,4-5,10-11,14H2,1-3H3,(H,23,24,27). The average Bonchev–Trinajstić information content (AvgIpc) is 3.32.